The van der Waals surface area contributed by atoms with Crippen molar-refractivity contribution in [2.75, 3.05) is 0 Å². The lowest BCUT2D eigenvalue weighted by Gasteiger charge is -2.06. The highest BCUT2D eigenvalue weighted by Crippen LogP contribution is 2.37. The highest BCUT2D eigenvalue weighted by molar-refractivity contribution is 6.02. The van der Waals surface area contributed by atoms with E-state index in [9.17, 15) is 9.18 Å². The van der Waals surface area contributed by atoms with Crippen molar-refractivity contribution in [3.63, 3.8) is 0 Å². The highest BCUT2D eigenvalue weighted by atomic mass is 19.1. The van der Waals surface area contributed by atoms with E-state index in [-0.39, 0.29) is 23.4 Å². The van der Waals surface area contributed by atoms with Gasteiger partial charge in [-0.1, -0.05) is 19.9 Å². The lowest BCUT2D eigenvalue weighted by atomic mass is 9.96. The molecule has 68 valence electrons. The van der Waals surface area contributed by atoms with Crippen LogP contribution >= 0.6 is 0 Å². The van der Waals surface area contributed by atoms with E-state index in [1.807, 2.05) is 13.8 Å². The minimum absolute atomic E-state index is 0.00296. The molecule has 1 aliphatic carbocycles. The predicted molar refractivity (Wildman–Crippen MR) is 48.3 cm³/mol. The van der Waals surface area contributed by atoms with Crippen LogP contribution in [0.2, 0.25) is 0 Å². The molecular formula is C11H11FO. The Morgan fingerprint density at radius 1 is 1.23 bits per heavy atom. The van der Waals surface area contributed by atoms with E-state index in [0.717, 1.165) is 5.56 Å². The fourth-order valence-corrected chi connectivity index (χ4v) is 1.88. The molecule has 1 aliphatic rings. The van der Waals surface area contributed by atoms with Crippen LogP contribution in [0, 0.1) is 11.7 Å². The summed E-state index contributed by atoms with van der Waals surface area (Å²) >= 11 is 0. The largest absolute Gasteiger partial charge is 0.294 e. The van der Waals surface area contributed by atoms with Gasteiger partial charge in [-0.2, -0.15) is 0 Å². The molecule has 2 rings (SSSR count). The molecular weight excluding hydrogens is 167 g/mol. The number of carbonyl (C=O) groups excluding carboxylic acids is 1. The van der Waals surface area contributed by atoms with Crippen LogP contribution in [0.25, 0.3) is 0 Å². The Balaban J connectivity index is 2.60. The number of fused-ring (bicyclic) bond motifs is 1. The van der Waals surface area contributed by atoms with Gasteiger partial charge >= 0.3 is 0 Å². The Bertz CT molecular complexity index is 370. The van der Waals surface area contributed by atoms with E-state index in [1.165, 1.54) is 12.1 Å². The minimum Gasteiger partial charge on any atom is -0.294 e. The summed E-state index contributed by atoms with van der Waals surface area (Å²) in [5.41, 5.74) is 1.55. The number of hydrogen-bond donors (Lipinski definition) is 0. The molecule has 0 aliphatic heterocycles. The zero-order valence-electron chi connectivity index (χ0n) is 7.67. The molecule has 0 aromatic heterocycles. The van der Waals surface area contributed by atoms with E-state index in [4.69, 9.17) is 0 Å². The van der Waals surface area contributed by atoms with E-state index < -0.39 is 0 Å². The van der Waals surface area contributed by atoms with Crippen molar-refractivity contribution in [3.05, 3.63) is 35.1 Å². The summed E-state index contributed by atoms with van der Waals surface area (Å²) < 4.78 is 12.8. The molecule has 0 radical (unpaired) electrons. The first-order valence-corrected chi connectivity index (χ1v) is 4.45. The molecule has 2 atom stereocenters. The van der Waals surface area contributed by atoms with E-state index in [1.54, 1.807) is 6.07 Å². The summed E-state index contributed by atoms with van der Waals surface area (Å²) in [5.74, 6) is -0.0321. The molecule has 2 heteroatoms. The number of hydrogen-bond acceptors (Lipinski definition) is 1. The van der Waals surface area contributed by atoms with Gasteiger partial charge in [0.15, 0.2) is 5.78 Å². The third-order valence-corrected chi connectivity index (χ3v) is 2.93. The lowest BCUT2D eigenvalue weighted by molar-refractivity contribution is 0.0936. The van der Waals surface area contributed by atoms with Crippen molar-refractivity contribution in [3.8, 4) is 0 Å². The molecule has 0 saturated heterocycles. The molecule has 0 spiro atoms. The van der Waals surface area contributed by atoms with Crippen molar-refractivity contribution < 1.29 is 9.18 Å². The molecule has 0 amide bonds. The molecule has 0 bridgehead atoms. The van der Waals surface area contributed by atoms with Gasteiger partial charge in [0.05, 0.1) is 0 Å². The van der Waals surface area contributed by atoms with Crippen molar-refractivity contribution in [2.45, 2.75) is 19.8 Å². The summed E-state index contributed by atoms with van der Waals surface area (Å²) in [5, 5.41) is 0. The topological polar surface area (TPSA) is 17.1 Å². The fourth-order valence-electron chi connectivity index (χ4n) is 1.88. The minimum atomic E-state index is -0.326. The molecule has 2 unspecified atom stereocenters. The van der Waals surface area contributed by atoms with Crippen LogP contribution in [0.1, 0.15) is 35.7 Å². The van der Waals surface area contributed by atoms with Gasteiger partial charge in [0.25, 0.3) is 0 Å². The van der Waals surface area contributed by atoms with Crippen molar-refractivity contribution in [1.29, 1.82) is 0 Å². The smallest absolute Gasteiger partial charge is 0.166 e. The maximum Gasteiger partial charge on any atom is 0.166 e. The number of halogens is 1. The van der Waals surface area contributed by atoms with Crippen LogP contribution in [0.15, 0.2) is 18.2 Å². The zero-order valence-corrected chi connectivity index (χ0v) is 7.67. The van der Waals surface area contributed by atoms with Crippen LogP contribution in [-0.2, 0) is 0 Å². The number of benzene rings is 1. The molecule has 0 fully saturated rings. The third kappa shape index (κ3) is 1.09. The van der Waals surface area contributed by atoms with Crippen LogP contribution in [0.4, 0.5) is 4.39 Å². The van der Waals surface area contributed by atoms with E-state index in [0.29, 0.717) is 5.56 Å². The second-order valence-corrected chi connectivity index (χ2v) is 3.67. The first-order valence-electron chi connectivity index (χ1n) is 4.45. The Morgan fingerprint density at radius 3 is 2.62 bits per heavy atom. The molecule has 1 nitrogen and oxygen atoms in total. The summed E-state index contributed by atoms with van der Waals surface area (Å²) in [6, 6.07) is 4.48. The average Bonchev–Trinajstić information content (AvgIpc) is 2.32. The average molecular weight is 178 g/mol. The zero-order chi connectivity index (χ0) is 9.59. The molecule has 0 saturated carbocycles. The van der Waals surface area contributed by atoms with Gasteiger partial charge in [0.2, 0.25) is 0 Å². The number of ketones is 1. The summed E-state index contributed by atoms with van der Waals surface area (Å²) in [6.07, 6.45) is 0. The van der Waals surface area contributed by atoms with Crippen LogP contribution in [-0.4, -0.2) is 5.78 Å². The number of rotatable bonds is 0. The highest BCUT2D eigenvalue weighted by Gasteiger charge is 2.33. The quantitative estimate of drug-likeness (QED) is 0.597. The summed E-state index contributed by atoms with van der Waals surface area (Å²) in [7, 11) is 0. The fraction of sp³-hybridized carbons (Fsp3) is 0.364. The Morgan fingerprint density at radius 2 is 1.92 bits per heavy atom. The van der Waals surface area contributed by atoms with E-state index in [2.05, 4.69) is 0 Å². The SMILES string of the molecule is CC1C(=O)c2cc(F)ccc2C1C. The maximum absolute atomic E-state index is 12.8. The van der Waals surface area contributed by atoms with Crippen molar-refractivity contribution in [2.24, 2.45) is 5.92 Å². The Hall–Kier alpha value is -1.18. The monoisotopic (exact) mass is 178 g/mol. The van der Waals surface area contributed by atoms with Gasteiger partial charge < -0.3 is 0 Å². The van der Waals surface area contributed by atoms with Crippen molar-refractivity contribution >= 4 is 5.78 Å². The number of Topliss-reactive ketones (excluding diaryl/α,β-unsaturated/α-hetero) is 1. The normalized spacial score (nSPS) is 26.2. The predicted octanol–water partition coefficient (Wildman–Crippen LogP) is 2.76. The standard InChI is InChI=1S/C11H11FO/c1-6-7(2)11(13)10-5-8(12)3-4-9(6)10/h3-7H,1-2H3. The second kappa shape index (κ2) is 2.66. The van der Waals surface area contributed by atoms with Crippen LogP contribution in [0.3, 0.4) is 0 Å². The first-order chi connectivity index (χ1) is 6.11. The third-order valence-electron chi connectivity index (χ3n) is 2.93. The van der Waals surface area contributed by atoms with Gasteiger partial charge in [-0.25, -0.2) is 4.39 Å². The Labute approximate surface area is 76.6 Å². The van der Waals surface area contributed by atoms with Crippen LogP contribution in [0.5, 0.6) is 0 Å². The maximum atomic E-state index is 12.8. The molecule has 1 aromatic rings. The number of carbonyl (C=O) groups is 1. The van der Waals surface area contributed by atoms with Gasteiger partial charge in [-0.15, -0.1) is 0 Å². The van der Waals surface area contributed by atoms with Crippen LogP contribution < -0.4 is 0 Å². The van der Waals surface area contributed by atoms with Gasteiger partial charge in [0.1, 0.15) is 5.82 Å². The lowest BCUT2D eigenvalue weighted by Crippen LogP contribution is -2.06. The van der Waals surface area contributed by atoms with Crippen molar-refractivity contribution in [1.82, 2.24) is 0 Å². The van der Waals surface area contributed by atoms with Gasteiger partial charge in [-0.3, -0.25) is 4.79 Å². The molecule has 0 N–H and O–H groups in total. The second-order valence-electron chi connectivity index (χ2n) is 3.67. The molecule has 1 aromatic carbocycles. The van der Waals surface area contributed by atoms with Gasteiger partial charge in [-0.05, 0) is 23.6 Å². The van der Waals surface area contributed by atoms with Gasteiger partial charge in [0, 0.05) is 11.5 Å². The molecule has 13 heavy (non-hydrogen) atoms. The summed E-state index contributed by atoms with van der Waals surface area (Å²) in [6.45, 7) is 3.90. The van der Waals surface area contributed by atoms with E-state index >= 15 is 0 Å². The first kappa shape index (κ1) is 8.42. The summed E-state index contributed by atoms with van der Waals surface area (Å²) in [4.78, 5) is 11.6. The Kier molecular flexibility index (Phi) is 1.72. The molecule has 0 heterocycles.